The van der Waals surface area contributed by atoms with Gasteiger partial charge in [-0.25, -0.2) is 0 Å². The summed E-state index contributed by atoms with van der Waals surface area (Å²) >= 11 is 0. The molecule has 0 aromatic rings. The van der Waals surface area contributed by atoms with Crippen LogP contribution < -0.4 is 5.32 Å². The fourth-order valence-corrected chi connectivity index (χ4v) is 1.55. The molecule has 0 bridgehead atoms. The van der Waals surface area contributed by atoms with Crippen molar-refractivity contribution in [3.8, 4) is 0 Å². The molecule has 0 atom stereocenters. The van der Waals surface area contributed by atoms with Crippen molar-refractivity contribution in [1.82, 2.24) is 5.32 Å². The maximum absolute atomic E-state index is 3.50. The van der Waals surface area contributed by atoms with Crippen LogP contribution in [0.2, 0.25) is 0 Å². The van der Waals surface area contributed by atoms with Crippen LogP contribution in [0, 0.1) is 5.92 Å². The van der Waals surface area contributed by atoms with Gasteiger partial charge in [0.05, 0.1) is 0 Å². The van der Waals surface area contributed by atoms with E-state index in [0.29, 0.717) is 0 Å². The van der Waals surface area contributed by atoms with Crippen molar-refractivity contribution in [3.63, 3.8) is 0 Å². The summed E-state index contributed by atoms with van der Waals surface area (Å²) in [5.41, 5.74) is 0. The van der Waals surface area contributed by atoms with Gasteiger partial charge in [-0.15, -0.1) is 0 Å². The summed E-state index contributed by atoms with van der Waals surface area (Å²) in [4.78, 5) is 0. The molecule has 1 fully saturated rings. The molecule has 0 radical (unpaired) electrons. The standard InChI is InChI=1S/C11H23N/c1-2-3-4-9-12-10-5-6-11-7-8-11/h11-12H,2-10H2,1H3. The fourth-order valence-electron chi connectivity index (χ4n) is 1.55. The second-order valence-corrected chi connectivity index (χ2v) is 4.04. The van der Waals surface area contributed by atoms with E-state index in [1.165, 1.54) is 58.0 Å². The lowest BCUT2D eigenvalue weighted by atomic mass is 10.2. The third-order valence-electron chi connectivity index (χ3n) is 2.62. The Morgan fingerprint density at radius 1 is 1.08 bits per heavy atom. The summed E-state index contributed by atoms with van der Waals surface area (Å²) < 4.78 is 0. The molecule has 0 aliphatic heterocycles. The van der Waals surface area contributed by atoms with Gasteiger partial charge in [-0.3, -0.25) is 0 Å². The van der Waals surface area contributed by atoms with Crippen LogP contribution >= 0.6 is 0 Å². The van der Waals surface area contributed by atoms with Crippen molar-refractivity contribution in [1.29, 1.82) is 0 Å². The highest BCUT2D eigenvalue weighted by atomic mass is 14.8. The first-order chi connectivity index (χ1) is 5.93. The number of hydrogen-bond acceptors (Lipinski definition) is 1. The Morgan fingerprint density at radius 2 is 1.83 bits per heavy atom. The monoisotopic (exact) mass is 169 g/mol. The number of nitrogens with one attached hydrogen (secondary N) is 1. The third-order valence-corrected chi connectivity index (χ3v) is 2.62. The van der Waals surface area contributed by atoms with Crippen LogP contribution in [0.1, 0.15) is 51.9 Å². The molecular weight excluding hydrogens is 146 g/mol. The number of hydrogen-bond donors (Lipinski definition) is 1. The van der Waals surface area contributed by atoms with Crippen molar-refractivity contribution in [2.24, 2.45) is 5.92 Å². The van der Waals surface area contributed by atoms with E-state index in [1.807, 2.05) is 0 Å². The molecule has 0 unspecified atom stereocenters. The zero-order valence-electron chi connectivity index (χ0n) is 8.44. The van der Waals surface area contributed by atoms with E-state index in [2.05, 4.69) is 12.2 Å². The molecule has 1 aliphatic rings. The van der Waals surface area contributed by atoms with Crippen LogP contribution in [-0.4, -0.2) is 13.1 Å². The van der Waals surface area contributed by atoms with Crippen LogP contribution in [0.5, 0.6) is 0 Å². The Labute approximate surface area is 76.9 Å². The lowest BCUT2D eigenvalue weighted by Gasteiger charge is -2.02. The maximum atomic E-state index is 3.50. The predicted molar refractivity (Wildman–Crippen MR) is 54.4 cm³/mol. The summed E-state index contributed by atoms with van der Waals surface area (Å²) in [5, 5.41) is 3.50. The maximum Gasteiger partial charge on any atom is -0.00488 e. The zero-order valence-corrected chi connectivity index (χ0v) is 8.44. The molecule has 0 aromatic carbocycles. The van der Waals surface area contributed by atoms with Gasteiger partial charge >= 0.3 is 0 Å². The fraction of sp³-hybridized carbons (Fsp3) is 1.00. The van der Waals surface area contributed by atoms with Gasteiger partial charge in [0.1, 0.15) is 0 Å². The minimum atomic E-state index is 1.11. The Bertz CT molecular complexity index is 97.2. The molecule has 1 aliphatic carbocycles. The van der Waals surface area contributed by atoms with Gasteiger partial charge in [-0.1, -0.05) is 32.6 Å². The van der Waals surface area contributed by atoms with Gasteiger partial charge in [0.25, 0.3) is 0 Å². The van der Waals surface area contributed by atoms with E-state index in [4.69, 9.17) is 0 Å². The van der Waals surface area contributed by atoms with Crippen molar-refractivity contribution in [2.45, 2.75) is 51.9 Å². The number of rotatable bonds is 8. The molecule has 12 heavy (non-hydrogen) atoms. The molecule has 0 heterocycles. The SMILES string of the molecule is CCCCCNCCCC1CC1. The Hall–Kier alpha value is -0.0400. The predicted octanol–water partition coefficient (Wildman–Crippen LogP) is 2.96. The zero-order chi connectivity index (χ0) is 8.65. The molecule has 1 heteroatoms. The average molecular weight is 169 g/mol. The Kier molecular flexibility index (Phi) is 5.42. The largest absolute Gasteiger partial charge is 0.317 e. The molecule has 0 amide bonds. The van der Waals surface area contributed by atoms with E-state index < -0.39 is 0 Å². The summed E-state index contributed by atoms with van der Waals surface area (Å²) in [7, 11) is 0. The lowest BCUT2D eigenvalue weighted by molar-refractivity contribution is 0.569. The van der Waals surface area contributed by atoms with Crippen molar-refractivity contribution in [2.75, 3.05) is 13.1 Å². The van der Waals surface area contributed by atoms with Crippen molar-refractivity contribution in [3.05, 3.63) is 0 Å². The first kappa shape index (κ1) is 10.0. The Morgan fingerprint density at radius 3 is 2.50 bits per heavy atom. The molecule has 1 nitrogen and oxygen atoms in total. The van der Waals surface area contributed by atoms with Gasteiger partial charge in [-0.2, -0.15) is 0 Å². The summed E-state index contributed by atoms with van der Waals surface area (Å²) in [6.45, 7) is 4.74. The highest BCUT2D eigenvalue weighted by molar-refractivity contribution is 4.72. The normalized spacial score (nSPS) is 16.8. The van der Waals surface area contributed by atoms with E-state index in [1.54, 1.807) is 0 Å². The molecule has 1 saturated carbocycles. The van der Waals surface area contributed by atoms with Crippen LogP contribution in [0.3, 0.4) is 0 Å². The van der Waals surface area contributed by atoms with Gasteiger partial charge in [0, 0.05) is 0 Å². The van der Waals surface area contributed by atoms with Crippen LogP contribution in [0.15, 0.2) is 0 Å². The molecule has 0 saturated heterocycles. The molecule has 72 valence electrons. The average Bonchev–Trinajstić information content (AvgIpc) is 2.87. The Balaban J connectivity index is 1.65. The topological polar surface area (TPSA) is 12.0 Å². The lowest BCUT2D eigenvalue weighted by Crippen LogP contribution is -2.16. The second-order valence-electron chi connectivity index (χ2n) is 4.04. The summed E-state index contributed by atoms with van der Waals surface area (Å²) in [6, 6.07) is 0. The van der Waals surface area contributed by atoms with Crippen LogP contribution in [0.25, 0.3) is 0 Å². The van der Waals surface area contributed by atoms with Gasteiger partial charge in [0.2, 0.25) is 0 Å². The minimum Gasteiger partial charge on any atom is -0.317 e. The number of unbranched alkanes of at least 4 members (excludes halogenated alkanes) is 2. The van der Waals surface area contributed by atoms with Gasteiger partial charge in [-0.05, 0) is 38.3 Å². The molecule has 1 rings (SSSR count). The molecular formula is C11H23N. The molecule has 1 N–H and O–H groups in total. The van der Waals surface area contributed by atoms with Gasteiger partial charge < -0.3 is 5.32 Å². The highest BCUT2D eigenvalue weighted by Gasteiger charge is 2.19. The summed E-state index contributed by atoms with van der Waals surface area (Å²) in [6.07, 6.45) is 9.97. The van der Waals surface area contributed by atoms with E-state index >= 15 is 0 Å². The van der Waals surface area contributed by atoms with Crippen LogP contribution in [-0.2, 0) is 0 Å². The van der Waals surface area contributed by atoms with E-state index in [0.717, 1.165) is 5.92 Å². The van der Waals surface area contributed by atoms with Crippen molar-refractivity contribution < 1.29 is 0 Å². The van der Waals surface area contributed by atoms with Crippen molar-refractivity contribution >= 4 is 0 Å². The first-order valence-electron chi connectivity index (χ1n) is 5.64. The third kappa shape index (κ3) is 5.59. The smallest absolute Gasteiger partial charge is 0.00488 e. The quantitative estimate of drug-likeness (QED) is 0.551. The molecule has 0 aromatic heterocycles. The van der Waals surface area contributed by atoms with E-state index in [-0.39, 0.29) is 0 Å². The summed E-state index contributed by atoms with van der Waals surface area (Å²) in [5.74, 6) is 1.11. The van der Waals surface area contributed by atoms with E-state index in [9.17, 15) is 0 Å². The minimum absolute atomic E-state index is 1.11. The second kappa shape index (κ2) is 6.47. The highest BCUT2D eigenvalue weighted by Crippen LogP contribution is 2.33. The van der Waals surface area contributed by atoms with Crippen LogP contribution in [0.4, 0.5) is 0 Å². The van der Waals surface area contributed by atoms with Gasteiger partial charge in [0.15, 0.2) is 0 Å². The molecule has 0 spiro atoms. The first-order valence-corrected chi connectivity index (χ1v) is 5.64.